The van der Waals surface area contributed by atoms with E-state index in [1.165, 1.54) is 49.7 Å². The first kappa shape index (κ1) is 20.2. The van der Waals surface area contributed by atoms with Crippen LogP contribution in [0.1, 0.15) is 5.56 Å². The average molecular weight is 395 g/mol. The number of carbonyl (C=O) groups is 1. The van der Waals surface area contributed by atoms with E-state index in [-0.39, 0.29) is 17.2 Å². The summed E-state index contributed by atoms with van der Waals surface area (Å²) in [5.41, 5.74) is 2.47. The van der Waals surface area contributed by atoms with Crippen molar-refractivity contribution in [2.24, 2.45) is 5.10 Å². The topological polar surface area (TPSA) is 108 Å². The molecule has 2 rings (SSSR count). The molecule has 0 saturated heterocycles. The molecule has 144 valence electrons. The Bertz CT molecular complexity index is 963. The number of amides is 1. The number of hydrogen-bond donors (Lipinski definition) is 2. The van der Waals surface area contributed by atoms with E-state index >= 15 is 0 Å². The molecule has 8 nitrogen and oxygen atoms in total. The Morgan fingerprint density at radius 3 is 2.67 bits per heavy atom. The van der Waals surface area contributed by atoms with Gasteiger partial charge in [-0.2, -0.15) is 5.10 Å². The number of rotatable bonds is 7. The summed E-state index contributed by atoms with van der Waals surface area (Å²) in [4.78, 5) is 12.0. The van der Waals surface area contributed by atoms with Crippen molar-refractivity contribution in [1.29, 1.82) is 0 Å². The number of nitrogens with zero attached hydrogens (tertiary/aromatic N) is 2. The number of hydrogen-bond acceptors (Lipinski definition) is 6. The number of hydrazone groups is 1. The number of ether oxygens (including phenoxy) is 1. The number of phenols is 1. The van der Waals surface area contributed by atoms with E-state index in [1.807, 2.05) is 0 Å². The highest BCUT2D eigenvalue weighted by molar-refractivity contribution is 7.92. The lowest BCUT2D eigenvalue weighted by Gasteiger charge is -2.21. The van der Waals surface area contributed by atoms with Crippen LogP contribution in [0.25, 0.3) is 0 Å². The molecule has 0 heterocycles. The molecule has 0 aromatic heterocycles. The van der Waals surface area contributed by atoms with Crippen LogP contribution in [0.2, 0.25) is 0 Å². The zero-order valence-electron chi connectivity index (χ0n) is 14.6. The molecule has 2 aromatic carbocycles. The number of nitrogens with one attached hydrogen (secondary N) is 1. The van der Waals surface area contributed by atoms with Gasteiger partial charge in [-0.05, 0) is 35.9 Å². The number of methoxy groups -OCH3 is 1. The second-order valence-corrected chi connectivity index (χ2v) is 7.35. The molecule has 0 aliphatic heterocycles. The van der Waals surface area contributed by atoms with Gasteiger partial charge in [-0.25, -0.2) is 18.2 Å². The van der Waals surface area contributed by atoms with Gasteiger partial charge in [-0.3, -0.25) is 9.10 Å². The van der Waals surface area contributed by atoms with E-state index in [2.05, 4.69) is 10.5 Å². The van der Waals surface area contributed by atoms with Crippen molar-refractivity contribution < 1.29 is 27.4 Å². The van der Waals surface area contributed by atoms with E-state index in [9.17, 15) is 22.7 Å². The molecule has 0 radical (unpaired) electrons. The molecule has 0 aliphatic carbocycles. The average Bonchev–Trinajstić information content (AvgIpc) is 2.61. The van der Waals surface area contributed by atoms with Gasteiger partial charge in [0.1, 0.15) is 12.4 Å². The highest BCUT2D eigenvalue weighted by Crippen LogP contribution is 2.25. The molecule has 10 heteroatoms. The van der Waals surface area contributed by atoms with Crippen LogP contribution in [0.3, 0.4) is 0 Å². The third-order valence-electron chi connectivity index (χ3n) is 3.42. The van der Waals surface area contributed by atoms with Gasteiger partial charge in [0.25, 0.3) is 5.91 Å². The Kier molecular flexibility index (Phi) is 6.35. The Labute approximate surface area is 155 Å². The number of sulfonamides is 1. The summed E-state index contributed by atoms with van der Waals surface area (Å²) >= 11 is 0. The number of para-hydroxylation sites is 1. The number of benzene rings is 2. The van der Waals surface area contributed by atoms with E-state index in [4.69, 9.17) is 4.74 Å². The first-order valence-corrected chi connectivity index (χ1v) is 9.48. The number of anilines is 1. The van der Waals surface area contributed by atoms with E-state index in [0.717, 1.165) is 12.3 Å². The minimum Gasteiger partial charge on any atom is -0.504 e. The third kappa shape index (κ3) is 5.42. The molecule has 2 N–H and O–H groups in total. The van der Waals surface area contributed by atoms with Gasteiger partial charge in [-0.1, -0.05) is 12.1 Å². The van der Waals surface area contributed by atoms with Gasteiger partial charge in [0.2, 0.25) is 10.0 Å². The largest absolute Gasteiger partial charge is 0.504 e. The van der Waals surface area contributed by atoms with Crippen LogP contribution in [-0.2, 0) is 14.8 Å². The minimum atomic E-state index is -3.89. The highest BCUT2D eigenvalue weighted by atomic mass is 32.2. The van der Waals surface area contributed by atoms with Crippen LogP contribution < -0.4 is 14.5 Å². The predicted octanol–water partition coefficient (Wildman–Crippen LogP) is 1.46. The van der Waals surface area contributed by atoms with Crippen LogP contribution in [0.15, 0.2) is 47.6 Å². The standard InChI is InChI=1S/C17H18FN3O5S/c1-26-16-9-12(7-8-15(16)22)10-19-20-17(23)11-21(27(2,24)25)14-6-4-3-5-13(14)18/h3-10,22H,11H2,1-2H3,(H,20,23)/b19-10-. The van der Waals surface area contributed by atoms with Crippen LogP contribution >= 0.6 is 0 Å². The van der Waals surface area contributed by atoms with Gasteiger partial charge in [-0.15, -0.1) is 0 Å². The van der Waals surface area contributed by atoms with Crippen molar-refractivity contribution in [3.63, 3.8) is 0 Å². The molecule has 0 spiro atoms. The lowest BCUT2D eigenvalue weighted by molar-refractivity contribution is -0.119. The molecular formula is C17H18FN3O5S. The van der Waals surface area contributed by atoms with Crippen LogP contribution in [0.4, 0.5) is 10.1 Å². The minimum absolute atomic E-state index is 0.0487. The summed E-state index contributed by atoms with van der Waals surface area (Å²) in [5, 5.41) is 13.2. The van der Waals surface area contributed by atoms with E-state index in [1.54, 1.807) is 0 Å². The summed E-state index contributed by atoms with van der Waals surface area (Å²) in [7, 11) is -2.50. The SMILES string of the molecule is COc1cc(/C=N\NC(=O)CN(c2ccccc2F)S(C)(=O)=O)ccc1O. The maximum atomic E-state index is 13.9. The quantitative estimate of drug-likeness (QED) is 0.545. The van der Waals surface area contributed by atoms with Crippen molar-refractivity contribution in [3.05, 3.63) is 53.8 Å². The molecule has 0 aliphatic rings. The Balaban J connectivity index is 2.09. The van der Waals surface area contributed by atoms with Gasteiger partial charge in [0, 0.05) is 0 Å². The molecule has 0 saturated carbocycles. The molecule has 0 atom stereocenters. The normalized spacial score (nSPS) is 11.4. The zero-order chi connectivity index (χ0) is 20.0. The second-order valence-electron chi connectivity index (χ2n) is 5.45. The number of aromatic hydroxyl groups is 1. The molecule has 0 fully saturated rings. The smallest absolute Gasteiger partial charge is 0.260 e. The summed E-state index contributed by atoms with van der Waals surface area (Å²) in [6, 6.07) is 9.66. The number of phenolic OH excluding ortho intramolecular Hbond substituents is 1. The molecule has 0 unspecified atom stereocenters. The van der Waals surface area contributed by atoms with Gasteiger partial charge in [0.15, 0.2) is 11.5 Å². The van der Waals surface area contributed by atoms with E-state index in [0.29, 0.717) is 9.87 Å². The fourth-order valence-corrected chi connectivity index (χ4v) is 3.01. The molecule has 27 heavy (non-hydrogen) atoms. The fourth-order valence-electron chi connectivity index (χ4n) is 2.15. The maximum Gasteiger partial charge on any atom is 0.260 e. The summed E-state index contributed by atoms with van der Waals surface area (Å²) in [6.45, 7) is -0.643. The molecule has 1 amide bonds. The van der Waals surface area contributed by atoms with Crippen molar-refractivity contribution >= 4 is 27.8 Å². The predicted molar refractivity (Wildman–Crippen MR) is 99.0 cm³/mol. The molecular weight excluding hydrogens is 377 g/mol. The van der Waals surface area contributed by atoms with Crippen LogP contribution in [0.5, 0.6) is 11.5 Å². The van der Waals surface area contributed by atoms with Gasteiger partial charge >= 0.3 is 0 Å². The third-order valence-corrected chi connectivity index (χ3v) is 4.54. The van der Waals surface area contributed by atoms with Crippen LogP contribution in [-0.4, -0.2) is 45.6 Å². The fraction of sp³-hybridized carbons (Fsp3) is 0.176. The monoisotopic (exact) mass is 395 g/mol. The van der Waals surface area contributed by atoms with Gasteiger partial charge < -0.3 is 9.84 Å². The maximum absolute atomic E-state index is 13.9. The van der Waals surface area contributed by atoms with Crippen molar-refractivity contribution in [3.8, 4) is 11.5 Å². The number of carbonyl (C=O) groups excluding carboxylic acids is 1. The molecule has 0 bridgehead atoms. The summed E-state index contributed by atoms with van der Waals surface area (Å²) in [6.07, 6.45) is 2.16. The van der Waals surface area contributed by atoms with E-state index < -0.39 is 28.3 Å². The second kappa shape index (κ2) is 8.49. The highest BCUT2D eigenvalue weighted by Gasteiger charge is 2.23. The first-order valence-electron chi connectivity index (χ1n) is 7.63. The molecule has 2 aromatic rings. The summed E-state index contributed by atoms with van der Waals surface area (Å²) < 4.78 is 43.3. The van der Waals surface area contributed by atoms with Crippen molar-refractivity contribution in [2.45, 2.75) is 0 Å². The zero-order valence-corrected chi connectivity index (χ0v) is 15.4. The van der Waals surface area contributed by atoms with Crippen molar-refractivity contribution in [1.82, 2.24) is 5.43 Å². The van der Waals surface area contributed by atoms with Gasteiger partial charge in [0.05, 0.1) is 25.3 Å². The van der Waals surface area contributed by atoms with Crippen LogP contribution in [0, 0.1) is 5.82 Å². The number of halogens is 1. The Morgan fingerprint density at radius 1 is 1.33 bits per heavy atom. The lowest BCUT2D eigenvalue weighted by Crippen LogP contribution is -2.39. The summed E-state index contributed by atoms with van der Waals surface area (Å²) in [5.74, 6) is -1.35. The van der Waals surface area contributed by atoms with Crippen molar-refractivity contribution in [2.75, 3.05) is 24.2 Å². The Morgan fingerprint density at radius 2 is 2.04 bits per heavy atom. The lowest BCUT2D eigenvalue weighted by atomic mass is 10.2. The Hall–Kier alpha value is -3.14. The first-order chi connectivity index (χ1) is 12.7.